The van der Waals surface area contributed by atoms with Crippen molar-refractivity contribution in [2.24, 2.45) is 39.9 Å². The molecule has 1 saturated carbocycles. The molecule has 17 N–H and O–H groups in total. The average molecular weight is 1320 g/mol. The van der Waals surface area contributed by atoms with Gasteiger partial charge >= 0.3 is 23.9 Å². The molecular formula is C51H77F3N10O21S3. The molecule has 31 nitrogen and oxygen atoms in total. The number of carboxylic acids is 4. The Bertz CT molecular complexity index is 2790. The number of aliphatic carboxylic acids is 4. The van der Waals surface area contributed by atoms with Gasteiger partial charge in [-0.1, -0.05) is 32.1 Å². The van der Waals surface area contributed by atoms with Crippen LogP contribution in [-0.4, -0.2) is 190 Å². The van der Waals surface area contributed by atoms with Crippen LogP contribution in [0.1, 0.15) is 109 Å². The second kappa shape index (κ2) is 39.8. The zero-order valence-corrected chi connectivity index (χ0v) is 50.3. The fourth-order valence-electron chi connectivity index (χ4n) is 8.80. The van der Waals surface area contributed by atoms with E-state index in [-0.39, 0.29) is 70.5 Å². The van der Waals surface area contributed by atoms with Crippen molar-refractivity contribution in [2.45, 2.75) is 138 Å². The SMILES string of the molecule is NC(N)=NCCCC(NC(=O)C(CC(=O)O)CC(=O)CCOCCOCCNC(=O)CCS(=O)(=O)c1c(F)c(F)c(NS(=O)O)c(F)c1NC1CCCCCCC1)C(=O)CC(CC(=O)O)C(=O)NC[C@H](N)C(=O)N[C@@H](CC(=O)O)C(=O)C[C@@H](CS)C(=O)O. The number of nitrogens with zero attached hydrogens (tertiary/aromatic N) is 1. The summed E-state index contributed by atoms with van der Waals surface area (Å²) in [5, 5.41) is 49.5. The van der Waals surface area contributed by atoms with Gasteiger partial charge in [0.15, 0.2) is 44.8 Å². The summed E-state index contributed by atoms with van der Waals surface area (Å²) < 4.78 is 106. The monoisotopic (exact) mass is 1320 g/mol. The van der Waals surface area contributed by atoms with Gasteiger partial charge in [0.25, 0.3) is 11.3 Å². The minimum atomic E-state index is -4.93. The first-order valence-electron chi connectivity index (χ1n) is 27.6. The fourth-order valence-corrected chi connectivity index (χ4v) is 10.9. The van der Waals surface area contributed by atoms with E-state index in [4.69, 9.17) is 26.7 Å². The maximum Gasteiger partial charge on any atom is 0.307 e. The number of nitrogens with two attached hydrogens (primary N) is 3. The molecule has 1 fully saturated rings. The van der Waals surface area contributed by atoms with Crippen LogP contribution in [0.3, 0.4) is 0 Å². The molecule has 4 unspecified atom stereocenters. The lowest BCUT2D eigenvalue weighted by atomic mass is 9.91. The molecule has 7 atom stereocenters. The number of nitrogens with one attached hydrogen (secondary N) is 6. The van der Waals surface area contributed by atoms with Crippen LogP contribution in [-0.2, 0) is 83.3 Å². The highest BCUT2D eigenvalue weighted by Crippen LogP contribution is 2.38. The van der Waals surface area contributed by atoms with Crippen molar-refractivity contribution in [3.8, 4) is 0 Å². The van der Waals surface area contributed by atoms with Crippen molar-refractivity contribution in [3.05, 3.63) is 17.5 Å². The van der Waals surface area contributed by atoms with Crippen molar-refractivity contribution < 1.29 is 113 Å². The number of halogens is 3. The normalized spacial score (nSPS) is 15.2. The Morgan fingerprint density at radius 1 is 0.670 bits per heavy atom. The Balaban J connectivity index is 2.00. The van der Waals surface area contributed by atoms with E-state index in [1.165, 1.54) is 4.72 Å². The standard InChI is InChI=1S/C51H77F3N10O21S3/c52-41-42(53)46(45(43(54)44(41)64-87(80)81)61-30-7-4-2-1-3-5-8-30)88(82,83)18-11-37(68)58-13-15-85-17-16-84-14-10-31(65)19-27(22-38(69)70)48(76)62-33(9-6-12-59-51(56)57)35(66)20-28(23-39(71)72)47(75)60-25-32(55)49(77)63-34(24-40(73)74)36(67)21-29(26-86)50(78)79/h27-30,32-34,61,64,86H,1-26,55H2,(H,58,68)(H,60,75)(H,62,76)(H,63,77)(H,69,70)(H,71,72)(H,73,74)(H,78,79)(H,80,81)(H4,56,57,59)/t27?,28?,29-,32-,33?,34-/m0/s1. The Morgan fingerprint density at radius 3 is 1.80 bits per heavy atom. The Labute approximate surface area is 511 Å². The summed E-state index contributed by atoms with van der Waals surface area (Å²) in [5.74, 6) is -25.0. The van der Waals surface area contributed by atoms with E-state index in [2.05, 4.69) is 44.2 Å². The van der Waals surface area contributed by atoms with Gasteiger partial charge in [0, 0.05) is 63.5 Å². The minimum absolute atomic E-state index is 0.0116. The molecule has 1 aliphatic carbocycles. The zero-order valence-electron chi connectivity index (χ0n) is 47.8. The Morgan fingerprint density at radius 2 is 1.23 bits per heavy atom. The van der Waals surface area contributed by atoms with Crippen LogP contribution in [0.2, 0.25) is 0 Å². The molecule has 4 amide bonds. The fraction of sp³-hybridized carbons (Fsp3) is 0.647. The Hall–Kier alpha value is -7.06. The number of rotatable bonds is 44. The molecule has 2 rings (SSSR count). The molecule has 0 heterocycles. The number of aliphatic imine (C=N–C) groups is 1. The topological polar surface area (TPSA) is 521 Å². The van der Waals surface area contributed by atoms with E-state index in [9.17, 15) is 90.3 Å². The molecule has 1 aliphatic rings. The number of ketones is 3. The van der Waals surface area contributed by atoms with E-state index >= 15 is 13.2 Å². The van der Waals surface area contributed by atoms with E-state index < -0.39 is 219 Å². The number of ether oxygens (including phenoxy) is 2. The molecule has 37 heteroatoms. The van der Waals surface area contributed by atoms with E-state index in [0.29, 0.717) is 25.7 Å². The van der Waals surface area contributed by atoms with Gasteiger partial charge < -0.3 is 73.7 Å². The highest BCUT2D eigenvalue weighted by Gasteiger charge is 2.37. The van der Waals surface area contributed by atoms with Crippen molar-refractivity contribution >= 4 is 116 Å². The largest absolute Gasteiger partial charge is 0.481 e. The van der Waals surface area contributed by atoms with Gasteiger partial charge in [-0.25, -0.2) is 25.8 Å². The first kappa shape index (κ1) is 77.0. The summed E-state index contributed by atoms with van der Waals surface area (Å²) in [4.78, 5) is 141. The molecule has 1 aromatic rings. The first-order valence-corrected chi connectivity index (χ1v) is 31.0. The van der Waals surface area contributed by atoms with Crippen LogP contribution >= 0.6 is 12.6 Å². The summed E-state index contributed by atoms with van der Waals surface area (Å²) in [6, 6.07) is -5.56. The number of amides is 4. The van der Waals surface area contributed by atoms with Crippen molar-refractivity contribution in [1.82, 2.24) is 21.3 Å². The number of Topliss-reactive ketones (excluding diaryl/α,β-unsaturated/α-hetero) is 3. The van der Waals surface area contributed by atoms with Crippen LogP contribution < -0.4 is 48.5 Å². The number of carbonyl (C=O) groups is 11. The summed E-state index contributed by atoms with van der Waals surface area (Å²) >= 11 is 0.785. The molecule has 0 saturated heterocycles. The number of thiol groups is 1. The molecule has 88 heavy (non-hydrogen) atoms. The van der Waals surface area contributed by atoms with E-state index in [1.54, 1.807) is 0 Å². The lowest BCUT2D eigenvalue weighted by Gasteiger charge is -2.25. The average Bonchev–Trinajstić information content (AvgIpc) is 0.939. The third kappa shape index (κ3) is 28.8. The lowest BCUT2D eigenvalue weighted by molar-refractivity contribution is -0.144. The first-order chi connectivity index (χ1) is 41.4. The van der Waals surface area contributed by atoms with Gasteiger partial charge in [-0.2, -0.15) is 12.6 Å². The van der Waals surface area contributed by atoms with Gasteiger partial charge in [0.2, 0.25) is 23.6 Å². The second-order valence-corrected chi connectivity index (χ2v) is 23.5. The predicted octanol–water partition coefficient (Wildman–Crippen LogP) is -0.488. The van der Waals surface area contributed by atoms with Crippen molar-refractivity contribution in [2.75, 3.05) is 67.6 Å². The van der Waals surface area contributed by atoms with Gasteiger partial charge in [0.1, 0.15) is 22.4 Å². The van der Waals surface area contributed by atoms with Crippen molar-refractivity contribution in [1.29, 1.82) is 0 Å². The highest BCUT2D eigenvalue weighted by atomic mass is 32.2. The van der Waals surface area contributed by atoms with Gasteiger partial charge in [-0.15, -0.1) is 0 Å². The summed E-state index contributed by atoms with van der Waals surface area (Å²) in [5.41, 5.74) is 14.3. The molecule has 0 spiro atoms. The summed E-state index contributed by atoms with van der Waals surface area (Å²) in [6.07, 6.45) is -1.69. The zero-order chi connectivity index (χ0) is 66.3. The number of carbonyl (C=O) groups excluding carboxylic acids is 7. The van der Waals surface area contributed by atoms with Crippen molar-refractivity contribution in [3.63, 3.8) is 0 Å². The van der Waals surface area contributed by atoms with Gasteiger partial charge in [0.05, 0.1) is 87.0 Å². The summed E-state index contributed by atoms with van der Waals surface area (Å²) in [6.45, 7) is -1.70. The van der Waals surface area contributed by atoms with Crippen LogP contribution in [0.4, 0.5) is 24.5 Å². The number of hydrogen-bond donors (Lipinski definition) is 15. The van der Waals surface area contributed by atoms with E-state index in [0.717, 1.165) is 19.3 Å². The molecule has 0 bridgehead atoms. The third-order valence-electron chi connectivity index (χ3n) is 13.4. The molecule has 0 aliphatic heterocycles. The van der Waals surface area contributed by atoms with Crippen LogP contribution in [0.25, 0.3) is 0 Å². The number of benzene rings is 1. The number of anilines is 2. The highest BCUT2D eigenvalue weighted by molar-refractivity contribution is 7.91. The van der Waals surface area contributed by atoms with Crippen LogP contribution in [0.5, 0.6) is 0 Å². The third-order valence-corrected chi connectivity index (χ3v) is 16.0. The lowest BCUT2D eigenvalue weighted by Crippen LogP contribution is -2.53. The number of hydrogen-bond acceptors (Lipinski definition) is 20. The molecule has 496 valence electrons. The molecule has 1 aromatic carbocycles. The quantitative estimate of drug-likeness (QED) is 0.00979. The predicted molar refractivity (Wildman–Crippen MR) is 309 cm³/mol. The van der Waals surface area contributed by atoms with Crippen LogP contribution in [0, 0.1) is 35.2 Å². The van der Waals surface area contributed by atoms with Crippen LogP contribution in [0.15, 0.2) is 9.89 Å². The Kier molecular flexibility index (Phi) is 34.8. The maximum absolute atomic E-state index is 15.7. The maximum atomic E-state index is 15.7. The number of sulfone groups is 1. The molecule has 0 radical (unpaired) electrons. The number of carboxylic acid groups (broad SMARTS) is 4. The number of guanidine groups is 1. The van der Waals surface area contributed by atoms with E-state index in [1.807, 2.05) is 0 Å². The smallest absolute Gasteiger partial charge is 0.307 e. The minimum Gasteiger partial charge on any atom is -0.481 e. The summed E-state index contributed by atoms with van der Waals surface area (Å²) in [7, 11) is -4.93. The van der Waals surface area contributed by atoms with Gasteiger partial charge in [-0.05, 0) is 25.7 Å². The molecule has 0 aromatic heterocycles. The molecular weight excluding hydrogens is 1240 g/mol. The second-order valence-electron chi connectivity index (χ2n) is 20.4. The van der Waals surface area contributed by atoms with Gasteiger partial charge in [-0.3, -0.25) is 67.0 Å².